The third kappa shape index (κ3) is 4.26. The lowest BCUT2D eigenvalue weighted by Crippen LogP contribution is -2.46. The number of ether oxygens (including phenoxy) is 1. The van der Waals surface area contributed by atoms with Crippen LogP contribution in [0.25, 0.3) is 0 Å². The fourth-order valence-corrected chi connectivity index (χ4v) is 3.48. The molecule has 0 radical (unpaired) electrons. The maximum Gasteiger partial charge on any atom is 0.243 e. The summed E-state index contributed by atoms with van der Waals surface area (Å²) >= 11 is 0. The lowest BCUT2D eigenvalue weighted by atomic mass is 10.2. The predicted molar refractivity (Wildman–Crippen MR) is 93.8 cm³/mol. The molecule has 2 aromatic carbocycles. The van der Waals surface area contributed by atoms with Crippen molar-refractivity contribution >= 4 is 21.6 Å². The molecule has 0 saturated carbocycles. The molecular weight excluding hydrogens is 328 g/mol. The molecule has 7 heteroatoms. The van der Waals surface area contributed by atoms with Crippen LogP contribution < -0.4 is 14.4 Å². The number of rotatable bonds is 6. The lowest BCUT2D eigenvalue weighted by molar-refractivity contribution is -0.121. The van der Waals surface area contributed by atoms with Crippen LogP contribution in [0.1, 0.15) is 6.92 Å². The Bertz CT molecular complexity index is 789. The van der Waals surface area contributed by atoms with Gasteiger partial charge in [0.05, 0.1) is 11.9 Å². The number of sulfonamides is 1. The van der Waals surface area contributed by atoms with Gasteiger partial charge in [0.25, 0.3) is 0 Å². The molecule has 1 amide bonds. The van der Waals surface area contributed by atoms with Gasteiger partial charge in [-0.3, -0.25) is 9.10 Å². The van der Waals surface area contributed by atoms with Crippen LogP contribution >= 0.6 is 0 Å². The summed E-state index contributed by atoms with van der Waals surface area (Å²) in [4.78, 5) is 11.8. The van der Waals surface area contributed by atoms with Gasteiger partial charge in [-0.2, -0.15) is 0 Å². The van der Waals surface area contributed by atoms with Crippen LogP contribution in [-0.4, -0.2) is 33.7 Å². The van der Waals surface area contributed by atoms with Crippen molar-refractivity contribution in [3.05, 3.63) is 54.6 Å². The third-order valence-corrected chi connectivity index (χ3v) is 4.65. The summed E-state index contributed by atoms with van der Waals surface area (Å²) in [6.45, 7) is 1.54. The molecule has 2 rings (SSSR count). The summed E-state index contributed by atoms with van der Waals surface area (Å²) in [5.74, 6) is 0.875. The van der Waals surface area contributed by atoms with Crippen molar-refractivity contribution in [1.29, 1.82) is 0 Å². The Kier molecular flexibility index (Phi) is 5.46. The van der Waals surface area contributed by atoms with Gasteiger partial charge in [-0.1, -0.05) is 18.2 Å². The molecule has 2 aromatic rings. The smallest absolute Gasteiger partial charge is 0.243 e. The van der Waals surface area contributed by atoms with Crippen molar-refractivity contribution in [2.75, 3.05) is 17.6 Å². The molecule has 0 saturated heterocycles. The van der Waals surface area contributed by atoms with E-state index in [2.05, 4.69) is 5.32 Å². The van der Waals surface area contributed by atoms with Gasteiger partial charge < -0.3 is 10.1 Å². The minimum atomic E-state index is -3.61. The van der Waals surface area contributed by atoms with Crippen molar-refractivity contribution in [2.45, 2.75) is 13.0 Å². The van der Waals surface area contributed by atoms with Crippen molar-refractivity contribution in [3.63, 3.8) is 0 Å². The van der Waals surface area contributed by atoms with E-state index in [4.69, 9.17) is 4.74 Å². The van der Waals surface area contributed by atoms with E-state index >= 15 is 0 Å². The van der Waals surface area contributed by atoms with Crippen LogP contribution in [0.15, 0.2) is 54.6 Å². The number of nitrogens with zero attached hydrogens (tertiary/aromatic N) is 1. The van der Waals surface area contributed by atoms with E-state index in [9.17, 15) is 13.2 Å². The Morgan fingerprint density at radius 3 is 2.08 bits per heavy atom. The molecule has 6 nitrogen and oxygen atoms in total. The van der Waals surface area contributed by atoms with Crippen molar-refractivity contribution in [2.24, 2.45) is 0 Å². The first-order valence-corrected chi connectivity index (χ1v) is 9.21. The summed E-state index contributed by atoms with van der Waals surface area (Å²) in [6, 6.07) is 15.0. The van der Waals surface area contributed by atoms with Crippen LogP contribution in [0.5, 0.6) is 11.5 Å². The molecule has 0 aliphatic rings. The second-order valence-corrected chi connectivity index (χ2v) is 7.12. The van der Waals surface area contributed by atoms with Gasteiger partial charge in [0.15, 0.2) is 0 Å². The average Bonchev–Trinajstić information content (AvgIpc) is 2.55. The lowest BCUT2D eigenvalue weighted by Gasteiger charge is -2.27. The minimum absolute atomic E-state index is 0.384. The Hall–Kier alpha value is -2.54. The Morgan fingerprint density at radius 2 is 1.58 bits per heavy atom. The molecule has 0 aromatic heterocycles. The number of nitrogens with one attached hydrogen (secondary N) is 1. The highest BCUT2D eigenvalue weighted by Gasteiger charge is 2.28. The fraction of sp³-hybridized carbons (Fsp3) is 0.235. The zero-order valence-electron chi connectivity index (χ0n) is 13.8. The van der Waals surface area contributed by atoms with Crippen molar-refractivity contribution in [1.82, 2.24) is 5.32 Å². The first-order valence-electron chi connectivity index (χ1n) is 7.37. The Balaban J connectivity index is 2.27. The van der Waals surface area contributed by atoms with E-state index in [1.54, 1.807) is 24.3 Å². The van der Waals surface area contributed by atoms with E-state index in [1.807, 2.05) is 30.3 Å². The number of carbonyl (C=O) groups is 1. The predicted octanol–water partition coefficient (Wildman–Crippen LogP) is 2.38. The van der Waals surface area contributed by atoms with Gasteiger partial charge in [0.1, 0.15) is 17.5 Å². The summed E-state index contributed by atoms with van der Waals surface area (Å²) in [5.41, 5.74) is 0.397. The van der Waals surface area contributed by atoms with E-state index in [-0.39, 0.29) is 5.91 Å². The highest BCUT2D eigenvalue weighted by atomic mass is 32.2. The normalized spacial score (nSPS) is 12.3. The Morgan fingerprint density at radius 1 is 1.04 bits per heavy atom. The first kappa shape index (κ1) is 17.8. The number of hydrogen-bond donors (Lipinski definition) is 1. The number of amides is 1. The van der Waals surface area contributed by atoms with Gasteiger partial charge in [0, 0.05) is 7.05 Å². The van der Waals surface area contributed by atoms with E-state index in [0.717, 1.165) is 10.6 Å². The number of benzene rings is 2. The van der Waals surface area contributed by atoms with Crippen LogP contribution in [-0.2, 0) is 14.8 Å². The minimum Gasteiger partial charge on any atom is -0.457 e. The Labute approximate surface area is 142 Å². The number of para-hydroxylation sites is 1. The van der Waals surface area contributed by atoms with Gasteiger partial charge in [-0.05, 0) is 43.3 Å². The monoisotopic (exact) mass is 348 g/mol. The summed E-state index contributed by atoms with van der Waals surface area (Å²) in [6.07, 6.45) is 1.07. The zero-order valence-corrected chi connectivity index (χ0v) is 14.6. The zero-order chi connectivity index (χ0) is 17.7. The number of likely N-dealkylation sites (N-methyl/N-ethyl adjacent to an activating group) is 1. The quantitative estimate of drug-likeness (QED) is 0.870. The molecule has 0 aliphatic carbocycles. The van der Waals surface area contributed by atoms with Crippen molar-refractivity contribution in [3.8, 4) is 11.5 Å². The maximum absolute atomic E-state index is 12.1. The molecule has 1 N–H and O–H groups in total. The first-order chi connectivity index (χ1) is 11.3. The van der Waals surface area contributed by atoms with Crippen LogP contribution in [0.4, 0.5) is 5.69 Å². The molecule has 0 fully saturated rings. The molecular formula is C17H20N2O4S. The summed E-state index contributed by atoms with van der Waals surface area (Å²) < 4.78 is 30.9. The molecule has 128 valence electrons. The number of hydrogen-bond acceptors (Lipinski definition) is 4. The third-order valence-electron chi connectivity index (χ3n) is 3.41. The topological polar surface area (TPSA) is 75.7 Å². The highest BCUT2D eigenvalue weighted by Crippen LogP contribution is 2.26. The molecule has 0 aliphatic heterocycles. The molecule has 0 bridgehead atoms. The molecule has 1 unspecified atom stereocenters. The van der Waals surface area contributed by atoms with E-state index in [1.165, 1.54) is 14.0 Å². The van der Waals surface area contributed by atoms with Crippen LogP contribution in [0, 0.1) is 0 Å². The van der Waals surface area contributed by atoms with Crippen molar-refractivity contribution < 1.29 is 17.9 Å². The van der Waals surface area contributed by atoms with Crippen LogP contribution in [0.2, 0.25) is 0 Å². The highest BCUT2D eigenvalue weighted by molar-refractivity contribution is 7.92. The van der Waals surface area contributed by atoms with Gasteiger partial charge in [0.2, 0.25) is 15.9 Å². The van der Waals surface area contributed by atoms with Gasteiger partial charge >= 0.3 is 0 Å². The summed E-state index contributed by atoms with van der Waals surface area (Å²) in [5, 5.41) is 2.46. The molecule has 1 atom stereocenters. The van der Waals surface area contributed by atoms with Crippen LogP contribution in [0.3, 0.4) is 0 Å². The van der Waals surface area contributed by atoms with Gasteiger partial charge in [-0.15, -0.1) is 0 Å². The second kappa shape index (κ2) is 7.35. The van der Waals surface area contributed by atoms with Gasteiger partial charge in [-0.25, -0.2) is 8.42 Å². The molecule has 0 heterocycles. The summed E-state index contributed by atoms with van der Waals surface area (Å²) in [7, 11) is -2.14. The SMILES string of the molecule is CNC(=O)C(C)N(c1ccc(Oc2ccccc2)cc1)S(C)(=O)=O. The fourth-order valence-electron chi connectivity index (χ4n) is 2.30. The largest absolute Gasteiger partial charge is 0.457 e. The maximum atomic E-state index is 12.1. The second-order valence-electron chi connectivity index (χ2n) is 5.26. The van der Waals surface area contributed by atoms with E-state index in [0.29, 0.717) is 17.2 Å². The standard InChI is InChI=1S/C17H20N2O4S/c1-13(17(20)18-2)19(24(3,21)22)14-9-11-16(12-10-14)23-15-7-5-4-6-8-15/h4-13H,1-3H3,(H,18,20). The number of carbonyl (C=O) groups excluding carboxylic acids is 1. The molecule has 0 spiro atoms. The van der Waals surface area contributed by atoms with E-state index < -0.39 is 16.1 Å². The average molecular weight is 348 g/mol. The molecule has 24 heavy (non-hydrogen) atoms. The number of anilines is 1.